The van der Waals surface area contributed by atoms with Gasteiger partial charge in [0.2, 0.25) is 23.6 Å². The number of carbonyl (C=O) groups is 5. The maximum Gasteiger partial charge on any atom is 0.326 e. The van der Waals surface area contributed by atoms with Crippen molar-refractivity contribution in [3.63, 3.8) is 0 Å². The normalized spacial score (nSPS) is 14.2. The van der Waals surface area contributed by atoms with Gasteiger partial charge in [-0.2, -0.15) is 11.8 Å². The summed E-state index contributed by atoms with van der Waals surface area (Å²) in [6.07, 6.45) is 2.32. The Balaban J connectivity index is 3.07. The van der Waals surface area contributed by atoms with Crippen molar-refractivity contribution in [2.45, 2.75) is 70.1 Å². The lowest BCUT2D eigenvalue weighted by molar-refractivity contribution is -0.142. The molecular weight excluding hydrogens is 498 g/mol. The first kappa shape index (κ1) is 31.9. The smallest absolute Gasteiger partial charge is 0.326 e. The molecule has 0 aromatic heterocycles. The lowest BCUT2D eigenvalue weighted by atomic mass is 10.00. The van der Waals surface area contributed by atoms with Crippen molar-refractivity contribution in [1.29, 1.82) is 0 Å². The maximum absolute atomic E-state index is 13.3. The van der Waals surface area contributed by atoms with E-state index in [-0.39, 0.29) is 31.6 Å². The van der Waals surface area contributed by atoms with Gasteiger partial charge in [0.15, 0.2) is 0 Å². The highest BCUT2D eigenvalue weighted by molar-refractivity contribution is 7.98. The topological polar surface area (TPSA) is 194 Å². The molecule has 8 N–H and O–H groups in total. The van der Waals surface area contributed by atoms with E-state index < -0.39 is 53.8 Å². The van der Waals surface area contributed by atoms with E-state index in [9.17, 15) is 29.1 Å². The summed E-state index contributed by atoms with van der Waals surface area (Å²) in [6.45, 7) is 3.70. The summed E-state index contributed by atoms with van der Waals surface area (Å²) >= 11 is 1.55. The van der Waals surface area contributed by atoms with E-state index in [1.165, 1.54) is 0 Å². The first-order valence-corrected chi connectivity index (χ1v) is 13.5. The molecule has 1 aromatic rings. The van der Waals surface area contributed by atoms with Gasteiger partial charge in [0.1, 0.15) is 18.1 Å². The van der Waals surface area contributed by atoms with Gasteiger partial charge in [-0.15, -0.1) is 0 Å². The van der Waals surface area contributed by atoms with E-state index in [0.717, 1.165) is 5.56 Å². The Hall–Kier alpha value is -3.12. The number of primary amides is 1. The van der Waals surface area contributed by atoms with Crippen molar-refractivity contribution < 1.29 is 29.1 Å². The quantitative estimate of drug-likeness (QED) is 0.162. The molecule has 1 aromatic carbocycles. The van der Waals surface area contributed by atoms with Gasteiger partial charge in [-0.1, -0.05) is 44.2 Å². The van der Waals surface area contributed by atoms with Crippen LogP contribution in [0.1, 0.15) is 45.1 Å². The van der Waals surface area contributed by atoms with Crippen LogP contribution in [-0.2, 0) is 30.4 Å². The molecule has 1 rings (SSSR count). The molecule has 0 radical (unpaired) electrons. The van der Waals surface area contributed by atoms with Crippen molar-refractivity contribution in [2.75, 3.05) is 12.0 Å². The van der Waals surface area contributed by atoms with Crippen LogP contribution in [0.15, 0.2) is 30.3 Å². The van der Waals surface area contributed by atoms with Gasteiger partial charge in [0, 0.05) is 12.8 Å². The van der Waals surface area contributed by atoms with Crippen LogP contribution in [0.25, 0.3) is 0 Å². The van der Waals surface area contributed by atoms with Gasteiger partial charge in [0.05, 0.1) is 6.04 Å². The van der Waals surface area contributed by atoms with E-state index in [4.69, 9.17) is 11.5 Å². The van der Waals surface area contributed by atoms with Crippen molar-refractivity contribution in [1.82, 2.24) is 16.0 Å². The zero-order chi connectivity index (χ0) is 28.0. The molecule has 0 saturated heterocycles. The van der Waals surface area contributed by atoms with Gasteiger partial charge in [-0.05, 0) is 42.8 Å². The summed E-state index contributed by atoms with van der Waals surface area (Å²) in [4.78, 5) is 61.6. The summed E-state index contributed by atoms with van der Waals surface area (Å²) in [6, 6.07) is 4.85. The first-order chi connectivity index (χ1) is 17.4. The summed E-state index contributed by atoms with van der Waals surface area (Å²) in [5.41, 5.74) is 11.9. The Morgan fingerprint density at radius 3 is 2.00 bits per heavy atom. The van der Waals surface area contributed by atoms with Crippen LogP contribution < -0.4 is 27.4 Å². The number of nitrogens with one attached hydrogen (secondary N) is 3. The fraction of sp³-hybridized carbons (Fsp3) is 0.560. The maximum atomic E-state index is 13.3. The van der Waals surface area contributed by atoms with Crippen molar-refractivity contribution in [3.05, 3.63) is 35.9 Å². The van der Waals surface area contributed by atoms with Gasteiger partial charge < -0.3 is 32.5 Å². The SMILES string of the molecule is CSCCC(N)C(=O)NC(Cc1ccccc1)C(=O)NC(CC(C)C)C(=O)NC(CCC(N)=O)C(=O)O. The number of amides is 4. The predicted molar refractivity (Wildman–Crippen MR) is 142 cm³/mol. The first-order valence-electron chi connectivity index (χ1n) is 12.1. The molecule has 0 bridgehead atoms. The molecule has 0 aliphatic rings. The lowest BCUT2D eigenvalue weighted by Gasteiger charge is -2.26. The van der Waals surface area contributed by atoms with Gasteiger partial charge in [-0.3, -0.25) is 19.2 Å². The molecule has 0 spiro atoms. The molecule has 206 valence electrons. The largest absolute Gasteiger partial charge is 0.480 e. The number of carbonyl (C=O) groups excluding carboxylic acids is 4. The zero-order valence-electron chi connectivity index (χ0n) is 21.6. The molecule has 4 amide bonds. The van der Waals surface area contributed by atoms with E-state index in [0.29, 0.717) is 12.2 Å². The van der Waals surface area contributed by atoms with Crippen LogP contribution in [0.2, 0.25) is 0 Å². The van der Waals surface area contributed by atoms with Crippen LogP contribution in [0.4, 0.5) is 0 Å². The van der Waals surface area contributed by atoms with Gasteiger partial charge in [-0.25, -0.2) is 4.79 Å². The molecule has 0 fully saturated rings. The van der Waals surface area contributed by atoms with E-state index in [1.807, 2.05) is 50.4 Å². The Labute approximate surface area is 221 Å². The van der Waals surface area contributed by atoms with Crippen LogP contribution >= 0.6 is 11.8 Å². The second kappa shape index (κ2) is 16.6. The predicted octanol–water partition coefficient (Wildman–Crippen LogP) is 0.160. The number of thioether (sulfide) groups is 1. The molecule has 37 heavy (non-hydrogen) atoms. The van der Waals surface area contributed by atoms with Crippen LogP contribution in [0.5, 0.6) is 0 Å². The van der Waals surface area contributed by atoms with E-state index in [2.05, 4.69) is 16.0 Å². The average molecular weight is 538 g/mol. The van der Waals surface area contributed by atoms with Gasteiger partial charge >= 0.3 is 5.97 Å². The third-order valence-corrected chi connectivity index (χ3v) is 6.16. The Bertz CT molecular complexity index is 914. The minimum Gasteiger partial charge on any atom is -0.480 e. The number of hydrogen-bond donors (Lipinski definition) is 6. The molecule has 4 atom stereocenters. The molecule has 12 heteroatoms. The highest BCUT2D eigenvalue weighted by Crippen LogP contribution is 2.10. The number of benzene rings is 1. The van der Waals surface area contributed by atoms with Crippen LogP contribution in [0, 0.1) is 5.92 Å². The number of nitrogens with two attached hydrogens (primary N) is 2. The number of carboxylic acids is 1. The molecule has 0 saturated carbocycles. The molecule has 0 aliphatic heterocycles. The van der Waals surface area contributed by atoms with Crippen molar-refractivity contribution in [3.8, 4) is 0 Å². The van der Waals surface area contributed by atoms with Crippen LogP contribution in [0.3, 0.4) is 0 Å². The molecular formula is C25H39N5O6S. The summed E-state index contributed by atoms with van der Waals surface area (Å²) in [7, 11) is 0. The summed E-state index contributed by atoms with van der Waals surface area (Å²) in [5, 5.41) is 17.2. The zero-order valence-corrected chi connectivity index (χ0v) is 22.4. The highest BCUT2D eigenvalue weighted by Gasteiger charge is 2.31. The van der Waals surface area contributed by atoms with E-state index >= 15 is 0 Å². The minimum atomic E-state index is -1.35. The molecule has 4 unspecified atom stereocenters. The Morgan fingerprint density at radius 2 is 1.46 bits per heavy atom. The third-order valence-electron chi connectivity index (χ3n) is 5.52. The van der Waals surface area contributed by atoms with Crippen LogP contribution in [-0.4, -0.2) is 70.9 Å². The summed E-state index contributed by atoms with van der Waals surface area (Å²) < 4.78 is 0. The molecule has 0 aliphatic carbocycles. The number of aliphatic carboxylic acids is 1. The fourth-order valence-corrected chi connectivity index (χ4v) is 3.99. The molecule has 0 heterocycles. The third kappa shape index (κ3) is 12.6. The lowest BCUT2D eigenvalue weighted by Crippen LogP contribution is -2.58. The highest BCUT2D eigenvalue weighted by atomic mass is 32.2. The number of hydrogen-bond acceptors (Lipinski definition) is 7. The monoisotopic (exact) mass is 537 g/mol. The second-order valence-corrected chi connectivity index (χ2v) is 10.2. The average Bonchev–Trinajstić information content (AvgIpc) is 2.83. The minimum absolute atomic E-state index is 0.0212. The Morgan fingerprint density at radius 1 is 0.892 bits per heavy atom. The fourth-order valence-electron chi connectivity index (χ4n) is 3.51. The summed E-state index contributed by atoms with van der Waals surface area (Å²) in [5.74, 6) is -3.14. The molecule has 11 nitrogen and oxygen atoms in total. The Kier molecular flexibility index (Phi) is 14.3. The standard InChI is InChI=1S/C25H39N5O6S/c1-15(2)13-19(23(33)28-18(25(35)36)9-10-21(27)31)30-24(34)20(14-16-7-5-4-6-8-16)29-22(32)17(26)11-12-37-3/h4-8,15,17-20H,9-14,26H2,1-3H3,(H2,27,31)(H,28,33)(H,29,32)(H,30,34)(H,35,36). The second-order valence-electron chi connectivity index (χ2n) is 9.23. The number of carboxylic acid groups (broad SMARTS) is 1. The van der Waals surface area contributed by atoms with Crippen molar-refractivity contribution in [2.24, 2.45) is 17.4 Å². The van der Waals surface area contributed by atoms with E-state index in [1.54, 1.807) is 11.8 Å². The van der Waals surface area contributed by atoms with Crippen molar-refractivity contribution >= 4 is 41.4 Å². The number of rotatable bonds is 17. The van der Waals surface area contributed by atoms with Gasteiger partial charge in [0.25, 0.3) is 0 Å².